The van der Waals surface area contributed by atoms with Crippen molar-refractivity contribution in [2.75, 3.05) is 0 Å². The molecule has 0 spiro atoms. The molecular formula is C10H10F3N. The van der Waals surface area contributed by atoms with Crippen molar-refractivity contribution in [3.05, 3.63) is 48.0 Å². The Morgan fingerprint density at radius 1 is 1.29 bits per heavy atom. The van der Waals surface area contributed by atoms with E-state index in [0.29, 0.717) is 0 Å². The summed E-state index contributed by atoms with van der Waals surface area (Å²) in [6.07, 6.45) is -3.08. The van der Waals surface area contributed by atoms with Gasteiger partial charge in [0, 0.05) is 6.04 Å². The van der Waals surface area contributed by atoms with Crippen LogP contribution in [0.3, 0.4) is 0 Å². The van der Waals surface area contributed by atoms with Crippen LogP contribution >= 0.6 is 0 Å². The second-order valence-electron chi connectivity index (χ2n) is 2.85. The molecule has 4 heteroatoms. The minimum Gasteiger partial charge on any atom is -0.321 e. The fourth-order valence-electron chi connectivity index (χ4n) is 1.17. The topological polar surface area (TPSA) is 26.0 Å². The van der Waals surface area contributed by atoms with Gasteiger partial charge in [0.1, 0.15) is 0 Å². The highest BCUT2D eigenvalue weighted by molar-refractivity contribution is 5.33. The van der Waals surface area contributed by atoms with Crippen molar-refractivity contribution in [2.45, 2.75) is 12.2 Å². The van der Waals surface area contributed by atoms with E-state index in [2.05, 4.69) is 6.58 Å². The molecule has 0 unspecified atom stereocenters. The first kappa shape index (κ1) is 10.8. The van der Waals surface area contributed by atoms with Crippen LogP contribution in [0.5, 0.6) is 0 Å². The van der Waals surface area contributed by atoms with Crippen LogP contribution in [-0.2, 0) is 6.18 Å². The third-order valence-electron chi connectivity index (χ3n) is 1.88. The molecule has 0 radical (unpaired) electrons. The Hall–Kier alpha value is -1.29. The first-order valence-corrected chi connectivity index (χ1v) is 4.01. The van der Waals surface area contributed by atoms with Crippen LogP contribution in [0, 0.1) is 0 Å². The smallest absolute Gasteiger partial charge is 0.321 e. The van der Waals surface area contributed by atoms with Gasteiger partial charge < -0.3 is 5.73 Å². The predicted molar refractivity (Wildman–Crippen MR) is 48.6 cm³/mol. The lowest BCUT2D eigenvalue weighted by Crippen LogP contribution is -2.15. The number of benzene rings is 1. The zero-order valence-electron chi connectivity index (χ0n) is 7.38. The monoisotopic (exact) mass is 201 g/mol. The Balaban J connectivity index is 3.22. The summed E-state index contributed by atoms with van der Waals surface area (Å²) in [4.78, 5) is 0. The molecule has 0 amide bonds. The molecule has 0 fully saturated rings. The zero-order chi connectivity index (χ0) is 10.8. The molecule has 0 aliphatic carbocycles. The van der Waals surface area contributed by atoms with E-state index in [1.54, 1.807) is 0 Å². The molecule has 1 aromatic rings. The summed E-state index contributed by atoms with van der Waals surface area (Å²) in [5, 5.41) is 0. The fourth-order valence-corrected chi connectivity index (χ4v) is 1.17. The van der Waals surface area contributed by atoms with Crippen molar-refractivity contribution in [2.24, 2.45) is 5.73 Å². The molecule has 1 rings (SSSR count). The molecule has 14 heavy (non-hydrogen) atoms. The summed E-state index contributed by atoms with van der Waals surface area (Å²) >= 11 is 0. The van der Waals surface area contributed by atoms with Crippen molar-refractivity contribution < 1.29 is 13.2 Å². The third kappa shape index (κ3) is 2.14. The molecule has 1 nitrogen and oxygen atoms in total. The normalized spacial score (nSPS) is 13.7. The Morgan fingerprint density at radius 3 is 2.36 bits per heavy atom. The highest BCUT2D eigenvalue weighted by atomic mass is 19.4. The Morgan fingerprint density at radius 2 is 1.86 bits per heavy atom. The van der Waals surface area contributed by atoms with E-state index in [9.17, 15) is 13.2 Å². The molecule has 0 aromatic heterocycles. The van der Waals surface area contributed by atoms with Crippen molar-refractivity contribution in [1.82, 2.24) is 0 Å². The van der Waals surface area contributed by atoms with Crippen LogP contribution < -0.4 is 5.73 Å². The SMILES string of the molecule is C=C[C@@H](N)c1ccccc1C(F)(F)F. The molecule has 0 saturated carbocycles. The van der Waals surface area contributed by atoms with Crippen molar-refractivity contribution in [3.8, 4) is 0 Å². The largest absolute Gasteiger partial charge is 0.416 e. The molecule has 0 aliphatic heterocycles. The first-order valence-electron chi connectivity index (χ1n) is 4.01. The number of halogens is 3. The average Bonchev–Trinajstić information content (AvgIpc) is 2.15. The van der Waals surface area contributed by atoms with E-state index in [0.717, 1.165) is 6.07 Å². The Labute approximate surface area is 80.0 Å². The molecule has 76 valence electrons. The van der Waals surface area contributed by atoms with Gasteiger partial charge in [-0.15, -0.1) is 6.58 Å². The van der Waals surface area contributed by atoms with E-state index in [4.69, 9.17) is 5.73 Å². The summed E-state index contributed by atoms with van der Waals surface area (Å²) in [7, 11) is 0. The third-order valence-corrected chi connectivity index (χ3v) is 1.88. The van der Waals surface area contributed by atoms with Crippen LogP contribution in [0.15, 0.2) is 36.9 Å². The van der Waals surface area contributed by atoms with Gasteiger partial charge in [0.25, 0.3) is 0 Å². The lowest BCUT2D eigenvalue weighted by molar-refractivity contribution is -0.138. The summed E-state index contributed by atoms with van der Waals surface area (Å²) in [5.41, 5.74) is 4.82. The maximum absolute atomic E-state index is 12.5. The maximum atomic E-state index is 12.5. The summed E-state index contributed by atoms with van der Waals surface area (Å²) in [5.74, 6) is 0. The zero-order valence-corrected chi connectivity index (χ0v) is 7.38. The number of alkyl halides is 3. The van der Waals surface area contributed by atoms with Gasteiger partial charge in [-0.1, -0.05) is 24.3 Å². The minimum absolute atomic E-state index is 0.0509. The van der Waals surface area contributed by atoms with E-state index >= 15 is 0 Å². The highest BCUT2D eigenvalue weighted by Gasteiger charge is 2.33. The van der Waals surface area contributed by atoms with Gasteiger partial charge in [-0.2, -0.15) is 13.2 Å². The quantitative estimate of drug-likeness (QED) is 0.731. The fraction of sp³-hybridized carbons (Fsp3) is 0.200. The van der Waals surface area contributed by atoms with Gasteiger partial charge in [-0.25, -0.2) is 0 Å². The van der Waals surface area contributed by atoms with Crippen molar-refractivity contribution >= 4 is 0 Å². The molecule has 2 N–H and O–H groups in total. The highest BCUT2D eigenvalue weighted by Crippen LogP contribution is 2.33. The summed E-state index contributed by atoms with van der Waals surface area (Å²) in [6.45, 7) is 3.37. The molecule has 0 bridgehead atoms. The lowest BCUT2D eigenvalue weighted by Gasteiger charge is -2.15. The number of nitrogens with two attached hydrogens (primary N) is 1. The van der Waals surface area contributed by atoms with Gasteiger partial charge >= 0.3 is 6.18 Å². The van der Waals surface area contributed by atoms with Gasteiger partial charge in [0.05, 0.1) is 5.56 Å². The van der Waals surface area contributed by atoms with Crippen LogP contribution in [0.1, 0.15) is 17.2 Å². The van der Waals surface area contributed by atoms with Crippen LogP contribution in [-0.4, -0.2) is 0 Å². The second-order valence-corrected chi connectivity index (χ2v) is 2.85. The number of hydrogen-bond donors (Lipinski definition) is 1. The van der Waals surface area contributed by atoms with Crippen LogP contribution in [0.4, 0.5) is 13.2 Å². The molecule has 0 aliphatic rings. The second kappa shape index (κ2) is 3.84. The summed E-state index contributed by atoms with van der Waals surface area (Å²) in [6, 6.07) is 4.44. The average molecular weight is 201 g/mol. The molecule has 0 saturated heterocycles. The minimum atomic E-state index is -4.36. The van der Waals surface area contributed by atoms with Crippen molar-refractivity contribution in [3.63, 3.8) is 0 Å². The van der Waals surface area contributed by atoms with E-state index in [1.165, 1.54) is 24.3 Å². The Kier molecular flexibility index (Phi) is 2.96. The number of hydrogen-bond acceptors (Lipinski definition) is 1. The number of rotatable bonds is 2. The van der Waals surface area contributed by atoms with Gasteiger partial charge in [-0.05, 0) is 11.6 Å². The molecule has 0 heterocycles. The van der Waals surface area contributed by atoms with Crippen LogP contribution in [0.25, 0.3) is 0 Å². The molecule has 1 atom stereocenters. The van der Waals surface area contributed by atoms with Gasteiger partial charge in [0.15, 0.2) is 0 Å². The standard InChI is InChI=1S/C10H10F3N/c1-2-9(14)7-5-3-4-6-8(7)10(11,12)13/h2-6,9H,1,14H2/t9-/m1/s1. The Bertz CT molecular complexity index is 330. The first-order chi connectivity index (χ1) is 6.46. The van der Waals surface area contributed by atoms with Gasteiger partial charge in [-0.3, -0.25) is 0 Å². The van der Waals surface area contributed by atoms with Gasteiger partial charge in [0.2, 0.25) is 0 Å². The van der Waals surface area contributed by atoms with E-state index in [1.807, 2.05) is 0 Å². The predicted octanol–water partition coefficient (Wildman–Crippen LogP) is 2.89. The van der Waals surface area contributed by atoms with E-state index in [-0.39, 0.29) is 5.56 Å². The molecular weight excluding hydrogens is 191 g/mol. The molecule has 1 aromatic carbocycles. The van der Waals surface area contributed by atoms with E-state index < -0.39 is 17.8 Å². The lowest BCUT2D eigenvalue weighted by atomic mass is 10.0. The maximum Gasteiger partial charge on any atom is 0.416 e. The summed E-state index contributed by atoms with van der Waals surface area (Å²) < 4.78 is 37.4. The van der Waals surface area contributed by atoms with Crippen LogP contribution in [0.2, 0.25) is 0 Å². The van der Waals surface area contributed by atoms with Crippen molar-refractivity contribution in [1.29, 1.82) is 0 Å².